The maximum absolute atomic E-state index is 14.0. The molecule has 0 aliphatic heterocycles. The van der Waals surface area contributed by atoms with Crippen molar-refractivity contribution >= 4 is 0 Å². The molecule has 11 aromatic carbocycles. The highest BCUT2D eigenvalue weighted by Gasteiger charge is 2.73. The van der Waals surface area contributed by atoms with Gasteiger partial charge in [-0.2, -0.15) is 26.3 Å². The van der Waals surface area contributed by atoms with Crippen molar-refractivity contribution in [2.45, 2.75) is 185 Å². The SMILES string of the molecule is Cc1ccc(C(c2ccc(C)c(C)c2)(C(F)(F)F)C(F)(F)F)c(C)c1.Cc1ccc(C(c2ccccc2)(c2ccccc2)c2ccc(C)c(C)c2)c(C)c1.Cc1ccc(C(c2ccccc2)c2ccc(C)c(C)c2)c(C)c1.Cc1ccc(C2(c3ccc(C)c(C)c3)CC(C)CC(C)(C)C2)c(C)c1. The van der Waals surface area contributed by atoms with Gasteiger partial charge in [0.05, 0.1) is 5.41 Å². The molecule has 0 heterocycles. The summed E-state index contributed by atoms with van der Waals surface area (Å²) in [7, 11) is 0. The number of halogens is 6. The van der Waals surface area contributed by atoms with Crippen LogP contribution in [0.15, 0.2) is 237 Å². The Morgan fingerprint density at radius 3 is 1.19 bits per heavy atom. The van der Waals surface area contributed by atoms with Crippen LogP contribution >= 0.6 is 0 Å². The Hall–Kier alpha value is -9.00. The molecular weight excluding hydrogens is 1270 g/mol. The second-order valence-corrected chi connectivity index (χ2v) is 30.6. The monoisotopic (exact) mass is 1370 g/mol. The molecule has 1 aliphatic carbocycles. The predicted molar refractivity (Wildman–Crippen MR) is 417 cm³/mol. The van der Waals surface area contributed by atoms with Gasteiger partial charge < -0.3 is 0 Å². The molecule has 0 N–H and O–H groups in total. The van der Waals surface area contributed by atoms with Gasteiger partial charge in [-0.25, -0.2) is 0 Å². The average Bonchev–Trinajstić information content (AvgIpc) is 0.723. The molecule has 0 spiro atoms. The van der Waals surface area contributed by atoms with Gasteiger partial charge in [0.15, 0.2) is 0 Å². The smallest absolute Gasteiger partial charge is 0.169 e. The van der Waals surface area contributed by atoms with Crippen LogP contribution < -0.4 is 0 Å². The van der Waals surface area contributed by atoms with Gasteiger partial charge in [-0.05, 0) is 269 Å². The van der Waals surface area contributed by atoms with E-state index in [1.165, 1.54) is 163 Å². The van der Waals surface area contributed by atoms with Gasteiger partial charge in [0.25, 0.3) is 0 Å². The summed E-state index contributed by atoms with van der Waals surface area (Å²) in [6.45, 7) is 39.9. The quantitative estimate of drug-likeness (QED) is 0.0894. The lowest BCUT2D eigenvalue weighted by Crippen LogP contribution is -2.55. The summed E-state index contributed by atoms with van der Waals surface area (Å²) in [5, 5.41) is 0. The Kier molecular flexibility index (Phi) is 23.7. The number of alkyl halides is 6. The molecule has 0 aromatic heterocycles. The normalized spacial score (nSPS) is 15.6. The van der Waals surface area contributed by atoms with Crippen molar-refractivity contribution in [2.75, 3.05) is 0 Å². The topological polar surface area (TPSA) is 0 Å². The van der Waals surface area contributed by atoms with Crippen molar-refractivity contribution in [3.63, 3.8) is 0 Å². The van der Waals surface area contributed by atoms with Crippen LogP contribution in [0.5, 0.6) is 0 Å². The van der Waals surface area contributed by atoms with Crippen LogP contribution in [0.1, 0.15) is 196 Å². The first-order chi connectivity index (χ1) is 48.0. The second kappa shape index (κ2) is 31.3. The Morgan fingerprint density at radius 2 is 0.735 bits per heavy atom. The third-order valence-electron chi connectivity index (χ3n) is 21.8. The highest BCUT2D eigenvalue weighted by Crippen LogP contribution is 2.58. The molecular formula is C96H104F6. The van der Waals surface area contributed by atoms with Crippen LogP contribution in [0.3, 0.4) is 0 Å². The zero-order valence-corrected chi connectivity index (χ0v) is 63.6. The van der Waals surface area contributed by atoms with Gasteiger partial charge in [0.2, 0.25) is 5.41 Å². The average molecular weight is 1370 g/mol. The van der Waals surface area contributed by atoms with Crippen molar-refractivity contribution < 1.29 is 26.3 Å². The minimum Gasteiger partial charge on any atom is -0.169 e. The maximum Gasteiger partial charge on any atom is 0.411 e. The molecule has 102 heavy (non-hydrogen) atoms. The number of hydrogen-bond acceptors (Lipinski definition) is 0. The van der Waals surface area contributed by atoms with E-state index in [1.54, 1.807) is 19.4 Å². The van der Waals surface area contributed by atoms with Crippen LogP contribution in [0.25, 0.3) is 0 Å². The predicted octanol–water partition coefficient (Wildman–Crippen LogP) is 26.8. The Balaban J connectivity index is 0.000000159. The number of hydrogen-bond donors (Lipinski definition) is 0. The van der Waals surface area contributed by atoms with Gasteiger partial charge in [0.1, 0.15) is 0 Å². The third kappa shape index (κ3) is 16.2. The molecule has 12 rings (SSSR count). The summed E-state index contributed by atoms with van der Waals surface area (Å²) in [5.41, 5.74) is 24.7. The highest BCUT2D eigenvalue weighted by molar-refractivity contribution is 5.63. The van der Waals surface area contributed by atoms with Crippen LogP contribution in [0, 0.1) is 122 Å². The van der Waals surface area contributed by atoms with E-state index in [0.29, 0.717) is 22.1 Å². The fourth-order valence-corrected chi connectivity index (χ4v) is 16.5. The number of aryl methyl sites for hydroxylation is 16. The van der Waals surface area contributed by atoms with E-state index in [4.69, 9.17) is 0 Å². The summed E-state index contributed by atoms with van der Waals surface area (Å²) >= 11 is 0. The first-order valence-electron chi connectivity index (χ1n) is 35.9. The van der Waals surface area contributed by atoms with E-state index in [2.05, 4.69) is 304 Å². The largest absolute Gasteiger partial charge is 0.411 e. The fourth-order valence-electron chi connectivity index (χ4n) is 16.5. The molecule has 1 fully saturated rings. The van der Waals surface area contributed by atoms with E-state index < -0.39 is 28.9 Å². The van der Waals surface area contributed by atoms with Crippen LogP contribution in [-0.2, 0) is 16.2 Å². The molecule has 0 saturated heterocycles. The summed E-state index contributed by atoms with van der Waals surface area (Å²) in [6, 6.07) is 81.1. The molecule has 1 saturated carbocycles. The van der Waals surface area contributed by atoms with Crippen LogP contribution in [0.2, 0.25) is 0 Å². The molecule has 3 atom stereocenters. The molecule has 1 aliphatic rings. The van der Waals surface area contributed by atoms with Crippen LogP contribution in [-0.4, -0.2) is 12.4 Å². The molecule has 6 heteroatoms. The van der Waals surface area contributed by atoms with E-state index in [0.717, 1.165) is 24.1 Å². The van der Waals surface area contributed by atoms with Crippen molar-refractivity contribution in [1.29, 1.82) is 0 Å². The highest BCUT2D eigenvalue weighted by atomic mass is 19.4. The van der Waals surface area contributed by atoms with Gasteiger partial charge in [-0.15, -0.1) is 0 Å². The summed E-state index contributed by atoms with van der Waals surface area (Å²) < 4.78 is 84.2. The maximum atomic E-state index is 14.0. The second-order valence-electron chi connectivity index (χ2n) is 30.6. The molecule has 3 unspecified atom stereocenters. The summed E-state index contributed by atoms with van der Waals surface area (Å²) in [5.74, 6) is 1.03. The summed E-state index contributed by atoms with van der Waals surface area (Å²) in [6.07, 6.45) is -7.29. The molecule has 530 valence electrons. The summed E-state index contributed by atoms with van der Waals surface area (Å²) in [4.78, 5) is 0. The van der Waals surface area contributed by atoms with E-state index in [-0.39, 0.29) is 22.3 Å². The Morgan fingerprint density at radius 1 is 0.324 bits per heavy atom. The zero-order chi connectivity index (χ0) is 74.4. The van der Waals surface area contributed by atoms with Crippen molar-refractivity contribution in [2.24, 2.45) is 11.3 Å². The Labute approximate surface area is 606 Å². The molecule has 0 amide bonds. The van der Waals surface area contributed by atoms with Gasteiger partial charge in [0, 0.05) is 11.3 Å². The first kappa shape index (κ1) is 77.2. The minimum absolute atomic E-state index is 0.0483. The lowest BCUT2D eigenvalue weighted by atomic mass is 9.55. The number of benzene rings is 11. The number of rotatable bonds is 11. The van der Waals surface area contributed by atoms with Gasteiger partial charge >= 0.3 is 12.4 Å². The van der Waals surface area contributed by atoms with Crippen molar-refractivity contribution in [3.05, 3.63) is 387 Å². The first-order valence-corrected chi connectivity index (χ1v) is 35.9. The van der Waals surface area contributed by atoms with Gasteiger partial charge in [-0.1, -0.05) is 280 Å². The van der Waals surface area contributed by atoms with Crippen LogP contribution in [0.4, 0.5) is 26.3 Å². The zero-order valence-electron chi connectivity index (χ0n) is 63.6. The molecule has 11 aromatic rings. The van der Waals surface area contributed by atoms with E-state index in [1.807, 2.05) is 0 Å². The van der Waals surface area contributed by atoms with E-state index >= 15 is 0 Å². The molecule has 0 nitrogen and oxygen atoms in total. The minimum atomic E-state index is -5.55. The lowest BCUT2D eigenvalue weighted by molar-refractivity contribution is -0.288. The van der Waals surface area contributed by atoms with Crippen molar-refractivity contribution in [1.82, 2.24) is 0 Å². The van der Waals surface area contributed by atoms with Crippen molar-refractivity contribution in [3.8, 4) is 0 Å². The Bertz CT molecular complexity index is 4650. The van der Waals surface area contributed by atoms with E-state index in [9.17, 15) is 26.3 Å². The lowest BCUT2D eigenvalue weighted by Gasteiger charge is -2.49. The fraction of sp³-hybridized carbons (Fsp3) is 0.312. The van der Waals surface area contributed by atoms with Gasteiger partial charge in [-0.3, -0.25) is 0 Å². The molecule has 0 radical (unpaired) electrons. The molecule has 0 bridgehead atoms. The third-order valence-corrected chi connectivity index (χ3v) is 21.8. The standard InChI is InChI=1S/C29H28.C25H34.C23H24.C19H18F6/c1-21-15-18-28(24(4)19-21)29(25-11-7-5-8-12-25,26-13-9-6-10-14-26)27-17-16-22(2)23(3)20-27;1-17-8-11-23(21(5)12-17)25(15-18(2)14-24(6,7)16-25)22-10-9-19(3)20(4)13-22;1-16-10-13-22(19(4)14-16)23(20-8-6-5-7-9-20)21-12-11-17(2)18(3)15-21;1-11-5-8-16(14(4)9-11)17(18(20,21)22,19(23,24)25)15-7-6-12(2)13(3)10-15/h5-20H,1-4H3;8-13,18H,14-16H2,1-7H3;5-15,23H,1-4H3;5-10H,1-4H3.